The molecule has 2 aromatic heterocycles. The van der Waals surface area contributed by atoms with Crippen molar-refractivity contribution in [1.82, 2.24) is 9.97 Å². The average Bonchev–Trinajstić information content (AvgIpc) is 2.62. The maximum absolute atomic E-state index is 11.5. The molecule has 0 unspecified atom stereocenters. The number of aromatic nitrogens is 2. The number of fused-ring (bicyclic) bond motifs is 3. The second kappa shape index (κ2) is 2.40. The highest BCUT2D eigenvalue weighted by molar-refractivity contribution is 7.18. The van der Waals surface area contributed by atoms with Crippen molar-refractivity contribution < 1.29 is 4.74 Å². The van der Waals surface area contributed by atoms with Gasteiger partial charge in [0.15, 0.2) is 0 Å². The molecule has 0 atom stereocenters. The van der Waals surface area contributed by atoms with Crippen LogP contribution in [0.1, 0.15) is 10.4 Å². The molecule has 0 amide bonds. The van der Waals surface area contributed by atoms with Crippen LogP contribution < -0.4 is 5.56 Å². The SMILES string of the molecule is O=c1[nH]cnc2sc3c(c12)COC3. The number of hydrogen-bond acceptors (Lipinski definition) is 4. The van der Waals surface area contributed by atoms with Crippen LogP contribution >= 0.6 is 11.3 Å². The van der Waals surface area contributed by atoms with Gasteiger partial charge in [0.05, 0.1) is 24.9 Å². The lowest BCUT2D eigenvalue weighted by molar-refractivity contribution is 0.136. The summed E-state index contributed by atoms with van der Waals surface area (Å²) in [6.45, 7) is 1.17. The van der Waals surface area contributed by atoms with Gasteiger partial charge in [-0.25, -0.2) is 4.98 Å². The summed E-state index contributed by atoms with van der Waals surface area (Å²) in [6.07, 6.45) is 1.44. The second-order valence-electron chi connectivity index (χ2n) is 2.91. The molecule has 66 valence electrons. The number of ether oxygens (including phenoxy) is 1. The normalized spacial score (nSPS) is 15.1. The molecular formula is C8H6N2O2S. The number of hydrogen-bond donors (Lipinski definition) is 1. The molecule has 0 radical (unpaired) electrons. The Hall–Kier alpha value is -1.20. The van der Waals surface area contributed by atoms with Crippen LogP contribution in [-0.4, -0.2) is 9.97 Å². The Morgan fingerprint density at radius 3 is 3.38 bits per heavy atom. The molecule has 0 bridgehead atoms. The molecule has 1 aliphatic heterocycles. The molecule has 0 aliphatic carbocycles. The van der Waals surface area contributed by atoms with Gasteiger partial charge < -0.3 is 9.72 Å². The molecule has 3 rings (SSSR count). The Labute approximate surface area is 77.2 Å². The second-order valence-corrected chi connectivity index (χ2v) is 3.99. The van der Waals surface area contributed by atoms with Gasteiger partial charge in [-0.05, 0) is 0 Å². The Kier molecular flexibility index (Phi) is 1.33. The van der Waals surface area contributed by atoms with Crippen LogP contribution in [-0.2, 0) is 18.0 Å². The van der Waals surface area contributed by atoms with E-state index in [9.17, 15) is 4.79 Å². The first-order valence-electron chi connectivity index (χ1n) is 3.92. The Bertz CT molecular complexity index is 528. The summed E-state index contributed by atoms with van der Waals surface area (Å²) < 4.78 is 5.25. The van der Waals surface area contributed by atoms with Crippen LogP contribution in [0.5, 0.6) is 0 Å². The Morgan fingerprint density at radius 1 is 1.54 bits per heavy atom. The highest BCUT2D eigenvalue weighted by Gasteiger charge is 2.20. The molecule has 2 aromatic rings. The number of nitrogens with zero attached hydrogens (tertiary/aromatic N) is 1. The first-order valence-corrected chi connectivity index (χ1v) is 4.73. The molecule has 5 heteroatoms. The third kappa shape index (κ3) is 0.882. The van der Waals surface area contributed by atoms with E-state index in [1.54, 1.807) is 11.3 Å². The van der Waals surface area contributed by atoms with E-state index in [0.717, 1.165) is 15.3 Å². The van der Waals surface area contributed by atoms with E-state index in [0.29, 0.717) is 18.6 Å². The molecule has 13 heavy (non-hydrogen) atoms. The molecular weight excluding hydrogens is 188 g/mol. The lowest BCUT2D eigenvalue weighted by Crippen LogP contribution is -2.06. The quantitative estimate of drug-likeness (QED) is 0.681. The van der Waals surface area contributed by atoms with Crippen LogP contribution in [0.4, 0.5) is 0 Å². The van der Waals surface area contributed by atoms with Crippen molar-refractivity contribution in [1.29, 1.82) is 0 Å². The maximum Gasteiger partial charge on any atom is 0.259 e. The fourth-order valence-electron chi connectivity index (χ4n) is 1.56. The molecule has 0 saturated carbocycles. The third-order valence-corrected chi connectivity index (χ3v) is 3.27. The van der Waals surface area contributed by atoms with Crippen molar-refractivity contribution in [3.63, 3.8) is 0 Å². The van der Waals surface area contributed by atoms with Crippen molar-refractivity contribution >= 4 is 21.6 Å². The van der Waals surface area contributed by atoms with Crippen molar-refractivity contribution in [2.45, 2.75) is 13.2 Å². The van der Waals surface area contributed by atoms with Gasteiger partial charge in [-0.2, -0.15) is 0 Å². The molecule has 0 fully saturated rings. The monoisotopic (exact) mass is 194 g/mol. The number of aromatic amines is 1. The maximum atomic E-state index is 11.5. The standard InChI is InChI=1S/C8H6N2O2S/c11-7-6-4-1-12-2-5(4)13-8(6)10-3-9-7/h3H,1-2H2,(H,9,10,11). The summed E-state index contributed by atoms with van der Waals surface area (Å²) >= 11 is 1.54. The first kappa shape index (κ1) is 7.23. The number of rotatable bonds is 0. The predicted octanol–water partition coefficient (Wildman–Crippen LogP) is 1.01. The van der Waals surface area contributed by atoms with E-state index >= 15 is 0 Å². The van der Waals surface area contributed by atoms with Gasteiger partial charge in [-0.3, -0.25) is 4.79 Å². The highest BCUT2D eigenvalue weighted by atomic mass is 32.1. The van der Waals surface area contributed by atoms with E-state index in [1.165, 1.54) is 6.33 Å². The minimum absolute atomic E-state index is 0.0620. The summed E-state index contributed by atoms with van der Waals surface area (Å²) in [7, 11) is 0. The fourth-order valence-corrected chi connectivity index (χ4v) is 2.64. The number of H-pyrrole nitrogens is 1. The van der Waals surface area contributed by atoms with Crippen LogP contribution in [0.25, 0.3) is 10.2 Å². The number of thiophene rings is 1. The van der Waals surface area contributed by atoms with Gasteiger partial charge in [-0.15, -0.1) is 11.3 Å². The lowest BCUT2D eigenvalue weighted by Gasteiger charge is -1.90. The minimum Gasteiger partial charge on any atom is -0.371 e. The van der Waals surface area contributed by atoms with Crippen LogP contribution in [0.3, 0.4) is 0 Å². The molecule has 0 spiro atoms. The smallest absolute Gasteiger partial charge is 0.259 e. The van der Waals surface area contributed by atoms with E-state index in [4.69, 9.17) is 4.74 Å². The van der Waals surface area contributed by atoms with Crippen LogP contribution in [0, 0.1) is 0 Å². The lowest BCUT2D eigenvalue weighted by atomic mass is 10.2. The summed E-state index contributed by atoms with van der Waals surface area (Å²) in [5, 5.41) is 0.708. The number of nitrogens with one attached hydrogen (secondary N) is 1. The Morgan fingerprint density at radius 2 is 2.46 bits per heavy atom. The van der Waals surface area contributed by atoms with E-state index in [1.807, 2.05) is 0 Å². The molecule has 1 N–H and O–H groups in total. The van der Waals surface area contributed by atoms with Gasteiger partial charge in [0.1, 0.15) is 4.83 Å². The molecule has 1 aliphatic rings. The minimum atomic E-state index is -0.0620. The van der Waals surface area contributed by atoms with Crippen molar-refractivity contribution in [3.05, 3.63) is 27.1 Å². The zero-order valence-corrected chi connectivity index (χ0v) is 7.48. The van der Waals surface area contributed by atoms with Crippen LogP contribution in [0.2, 0.25) is 0 Å². The van der Waals surface area contributed by atoms with E-state index in [2.05, 4.69) is 9.97 Å². The summed E-state index contributed by atoms with van der Waals surface area (Å²) in [5.41, 5.74) is 0.961. The molecule has 0 saturated heterocycles. The zero-order chi connectivity index (χ0) is 8.84. The third-order valence-electron chi connectivity index (χ3n) is 2.16. The van der Waals surface area contributed by atoms with Gasteiger partial charge in [0.2, 0.25) is 0 Å². The average molecular weight is 194 g/mol. The van der Waals surface area contributed by atoms with E-state index in [-0.39, 0.29) is 5.56 Å². The summed E-state index contributed by atoms with van der Waals surface area (Å²) in [4.78, 5) is 20.1. The van der Waals surface area contributed by atoms with Crippen LogP contribution in [0.15, 0.2) is 11.1 Å². The zero-order valence-electron chi connectivity index (χ0n) is 6.66. The first-order chi connectivity index (χ1) is 6.36. The van der Waals surface area contributed by atoms with Gasteiger partial charge >= 0.3 is 0 Å². The van der Waals surface area contributed by atoms with E-state index < -0.39 is 0 Å². The van der Waals surface area contributed by atoms with Crippen molar-refractivity contribution in [3.8, 4) is 0 Å². The Balaban J connectivity index is 2.53. The molecule has 4 nitrogen and oxygen atoms in total. The highest BCUT2D eigenvalue weighted by Crippen LogP contribution is 2.32. The fraction of sp³-hybridized carbons (Fsp3) is 0.250. The predicted molar refractivity (Wildman–Crippen MR) is 48.7 cm³/mol. The largest absolute Gasteiger partial charge is 0.371 e. The molecule has 0 aromatic carbocycles. The molecule has 3 heterocycles. The van der Waals surface area contributed by atoms with Crippen molar-refractivity contribution in [2.75, 3.05) is 0 Å². The van der Waals surface area contributed by atoms with Gasteiger partial charge in [0, 0.05) is 10.4 Å². The van der Waals surface area contributed by atoms with Gasteiger partial charge in [0.25, 0.3) is 5.56 Å². The summed E-state index contributed by atoms with van der Waals surface area (Å²) in [6, 6.07) is 0. The van der Waals surface area contributed by atoms with Gasteiger partial charge in [-0.1, -0.05) is 0 Å². The topological polar surface area (TPSA) is 55.0 Å². The summed E-state index contributed by atoms with van der Waals surface area (Å²) in [5.74, 6) is 0. The van der Waals surface area contributed by atoms with Crippen molar-refractivity contribution in [2.24, 2.45) is 0 Å².